The van der Waals surface area contributed by atoms with E-state index in [4.69, 9.17) is 16.3 Å². The molecule has 7 heteroatoms. The Kier molecular flexibility index (Phi) is 4.25. The maximum Gasteiger partial charge on any atom is 0.277 e. The number of aryl methyl sites for hydroxylation is 2. The van der Waals surface area contributed by atoms with Crippen LogP contribution in [0.25, 0.3) is 0 Å². The van der Waals surface area contributed by atoms with Crippen molar-refractivity contribution in [1.29, 1.82) is 0 Å². The van der Waals surface area contributed by atoms with E-state index in [0.29, 0.717) is 5.75 Å². The minimum Gasteiger partial charge on any atom is -0.439 e. The molecule has 20 heavy (non-hydrogen) atoms. The molecular formula is C13H10BrClN2O3. The van der Waals surface area contributed by atoms with E-state index < -0.39 is 4.92 Å². The number of ether oxygens (including phenoxy) is 1. The number of benzene rings is 1. The Hall–Kier alpha value is -1.66. The zero-order valence-electron chi connectivity index (χ0n) is 10.7. The van der Waals surface area contributed by atoms with E-state index >= 15 is 0 Å². The van der Waals surface area contributed by atoms with E-state index in [0.717, 1.165) is 15.6 Å². The Morgan fingerprint density at radius 1 is 1.25 bits per heavy atom. The van der Waals surface area contributed by atoms with Gasteiger partial charge in [0.05, 0.1) is 17.1 Å². The highest BCUT2D eigenvalue weighted by atomic mass is 79.9. The summed E-state index contributed by atoms with van der Waals surface area (Å²) in [5, 5.41) is 10.8. The monoisotopic (exact) mass is 356 g/mol. The van der Waals surface area contributed by atoms with Gasteiger partial charge in [-0.1, -0.05) is 27.5 Å². The average molecular weight is 358 g/mol. The van der Waals surface area contributed by atoms with Crippen LogP contribution < -0.4 is 4.74 Å². The van der Waals surface area contributed by atoms with Crippen molar-refractivity contribution >= 4 is 33.2 Å². The van der Waals surface area contributed by atoms with Gasteiger partial charge in [0.1, 0.15) is 10.9 Å². The Bertz CT molecular complexity index is 668. The van der Waals surface area contributed by atoms with E-state index in [1.807, 2.05) is 26.0 Å². The largest absolute Gasteiger partial charge is 0.439 e. The lowest BCUT2D eigenvalue weighted by molar-refractivity contribution is -0.385. The van der Waals surface area contributed by atoms with E-state index in [9.17, 15) is 10.1 Å². The summed E-state index contributed by atoms with van der Waals surface area (Å²) < 4.78 is 6.54. The summed E-state index contributed by atoms with van der Waals surface area (Å²) in [5.41, 5.74) is 1.83. The molecule has 2 rings (SSSR count). The van der Waals surface area contributed by atoms with Crippen LogP contribution in [0.15, 0.2) is 28.7 Å². The molecule has 0 aliphatic carbocycles. The first-order valence-electron chi connectivity index (χ1n) is 5.63. The normalized spacial score (nSPS) is 10.4. The van der Waals surface area contributed by atoms with Crippen molar-refractivity contribution in [2.24, 2.45) is 0 Å². The van der Waals surface area contributed by atoms with Crippen LogP contribution in [0.5, 0.6) is 11.6 Å². The molecule has 0 aliphatic heterocycles. The summed E-state index contributed by atoms with van der Waals surface area (Å²) in [5.74, 6) is 0.637. The molecule has 2 aromatic rings. The van der Waals surface area contributed by atoms with E-state index in [-0.39, 0.29) is 16.7 Å². The van der Waals surface area contributed by atoms with Gasteiger partial charge in [-0.15, -0.1) is 0 Å². The standard InChI is InChI=1S/C13H10BrClN2O3/c1-7-3-10(4-8(2)13(7)14)20-12-6-9(17(18)19)5-11(15)16-12/h3-6H,1-2H3. The molecule has 0 aliphatic rings. The second kappa shape index (κ2) is 5.76. The van der Waals surface area contributed by atoms with Crippen LogP contribution in [-0.4, -0.2) is 9.91 Å². The Morgan fingerprint density at radius 2 is 1.85 bits per heavy atom. The number of hydrogen-bond donors (Lipinski definition) is 0. The van der Waals surface area contributed by atoms with Gasteiger partial charge in [-0.3, -0.25) is 10.1 Å². The summed E-state index contributed by atoms with van der Waals surface area (Å²) in [6.45, 7) is 3.86. The third kappa shape index (κ3) is 3.26. The summed E-state index contributed by atoms with van der Waals surface area (Å²) in [4.78, 5) is 14.1. The van der Waals surface area contributed by atoms with Crippen molar-refractivity contribution < 1.29 is 9.66 Å². The third-order valence-corrected chi connectivity index (χ3v) is 4.04. The van der Waals surface area contributed by atoms with Crippen molar-refractivity contribution in [2.75, 3.05) is 0 Å². The van der Waals surface area contributed by atoms with Crippen LogP contribution in [0.2, 0.25) is 5.15 Å². The molecule has 1 aromatic heterocycles. The lowest BCUT2D eigenvalue weighted by atomic mass is 10.1. The average Bonchev–Trinajstić information content (AvgIpc) is 2.35. The minimum absolute atomic E-state index is 0.0137. The van der Waals surface area contributed by atoms with E-state index in [1.54, 1.807) is 0 Å². The number of pyridine rings is 1. The SMILES string of the molecule is Cc1cc(Oc2cc([N+](=O)[O-])cc(Cl)n2)cc(C)c1Br. The highest BCUT2D eigenvalue weighted by Crippen LogP contribution is 2.30. The van der Waals surface area contributed by atoms with Crippen molar-refractivity contribution in [2.45, 2.75) is 13.8 Å². The molecule has 0 bridgehead atoms. The van der Waals surface area contributed by atoms with Crippen LogP contribution in [0.3, 0.4) is 0 Å². The first kappa shape index (κ1) is 14.7. The fraction of sp³-hybridized carbons (Fsp3) is 0.154. The van der Waals surface area contributed by atoms with Gasteiger partial charge >= 0.3 is 0 Å². The predicted octanol–water partition coefficient (Wildman–Crippen LogP) is 4.81. The first-order valence-corrected chi connectivity index (χ1v) is 6.80. The van der Waals surface area contributed by atoms with Crippen molar-refractivity contribution in [3.05, 3.63) is 55.1 Å². The molecule has 0 saturated heterocycles. The number of hydrogen-bond acceptors (Lipinski definition) is 4. The number of halogens is 2. The van der Waals surface area contributed by atoms with Gasteiger partial charge < -0.3 is 4.74 Å². The molecule has 0 unspecified atom stereocenters. The molecule has 0 radical (unpaired) electrons. The summed E-state index contributed by atoms with van der Waals surface area (Å²) in [7, 11) is 0. The molecular weight excluding hydrogens is 348 g/mol. The molecule has 0 spiro atoms. The van der Waals surface area contributed by atoms with Crippen molar-refractivity contribution in [1.82, 2.24) is 4.98 Å². The molecule has 1 heterocycles. The summed E-state index contributed by atoms with van der Waals surface area (Å²) in [6.07, 6.45) is 0. The van der Waals surface area contributed by atoms with Crippen LogP contribution in [0.1, 0.15) is 11.1 Å². The summed E-state index contributed by atoms with van der Waals surface area (Å²) in [6, 6.07) is 6.03. The molecule has 104 valence electrons. The lowest BCUT2D eigenvalue weighted by Gasteiger charge is -2.09. The van der Waals surface area contributed by atoms with Gasteiger partial charge in [0, 0.05) is 4.47 Å². The van der Waals surface area contributed by atoms with Crippen molar-refractivity contribution in [3.8, 4) is 11.6 Å². The maximum atomic E-state index is 10.8. The van der Waals surface area contributed by atoms with E-state index in [1.165, 1.54) is 12.1 Å². The highest BCUT2D eigenvalue weighted by Gasteiger charge is 2.12. The zero-order chi connectivity index (χ0) is 14.9. The Labute approximate surface area is 128 Å². The second-order valence-electron chi connectivity index (χ2n) is 4.22. The van der Waals surface area contributed by atoms with Gasteiger partial charge in [0.25, 0.3) is 5.69 Å². The zero-order valence-corrected chi connectivity index (χ0v) is 13.0. The predicted molar refractivity (Wildman–Crippen MR) is 79.6 cm³/mol. The molecule has 0 amide bonds. The Balaban J connectivity index is 2.37. The first-order chi connectivity index (χ1) is 9.36. The smallest absolute Gasteiger partial charge is 0.277 e. The second-order valence-corrected chi connectivity index (χ2v) is 5.40. The summed E-state index contributed by atoms with van der Waals surface area (Å²) >= 11 is 9.20. The van der Waals surface area contributed by atoms with Gasteiger partial charge in [-0.25, -0.2) is 4.98 Å². The van der Waals surface area contributed by atoms with E-state index in [2.05, 4.69) is 20.9 Å². The van der Waals surface area contributed by atoms with Crippen LogP contribution in [0.4, 0.5) is 5.69 Å². The topological polar surface area (TPSA) is 65.3 Å². The number of aromatic nitrogens is 1. The quantitative estimate of drug-likeness (QED) is 0.449. The number of nitro groups is 1. The minimum atomic E-state index is -0.543. The molecule has 5 nitrogen and oxygen atoms in total. The molecule has 0 fully saturated rings. The highest BCUT2D eigenvalue weighted by molar-refractivity contribution is 9.10. The van der Waals surface area contributed by atoms with Crippen LogP contribution in [-0.2, 0) is 0 Å². The molecule has 0 atom stereocenters. The lowest BCUT2D eigenvalue weighted by Crippen LogP contribution is -1.94. The van der Waals surface area contributed by atoms with Gasteiger partial charge in [-0.2, -0.15) is 0 Å². The number of nitrogens with zero attached hydrogens (tertiary/aromatic N) is 2. The van der Waals surface area contributed by atoms with Gasteiger partial charge in [-0.05, 0) is 37.1 Å². The fourth-order valence-corrected chi connectivity index (χ4v) is 2.13. The molecule has 0 saturated carbocycles. The molecule has 1 aromatic carbocycles. The Morgan fingerprint density at radius 3 is 2.40 bits per heavy atom. The van der Waals surface area contributed by atoms with Crippen molar-refractivity contribution in [3.63, 3.8) is 0 Å². The van der Waals surface area contributed by atoms with Crippen LogP contribution >= 0.6 is 27.5 Å². The number of rotatable bonds is 3. The van der Waals surface area contributed by atoms with Crippen LogP contribution in [0, 0.1) is 24.0 Å². The van der Waals surface area contributed by atoms with Gasteiger partial charge in [0.15, 0.2) is 0 Å². The maximum absolute atomic E-state index is 10.8. The fourth-order valence-electron chi connectivity index (χ4n) is 1.70. The van der Waals surface area contributed by atoms with Gasteiger partial charge in [0.2, 0.25) is 5.88 Å². The molecule has 0 N–H and O–H groups in total. The third-order valence-electron chi connectivity index (χ3n) is 2.60.